The average molecular weight is 339 g/mol. The maximum Gasteiger partial charge on any atom is 0.255 e. The van der Waals surface area contributed by atoms with Crippen LogP contribution in [0.4, 0.5) is 15.8 Å². The maximum atomic E-state index is 13.6. The van der Waals surface area contributed by atoms with Gasteiger partial charge in [-0.3, -0.25) is 4.79 Å². The normalized spacial score (nSPS) is 10.2. The molecule has 104 valence electrons. The Kier molecular flexibility index (Phi) is 4.24. The number of nitrogen functional groups attached to an aromatic ring is 1. The lowest BCUT2D eigenvalue weighted by molar-refractivity contribution is 0.102. The quantitative estimate of drug-likeness (QED) is 0.842. The molecular weight excluding hydrogens is 327 g/mol. The highest BCUT2D eigenvalue weighted by atomic mass is 79.9. The lowest BCUT2D eigenvalue weighted by Crippen LogP contribution is -2.14. The molecule has 3 N–H and O–H groups in total. The number of hydrogen-bond acceptors (Lipinski definition) is 3. The van der Waals surface area contributed by atoms with E-state index in [1.54, 1.807) is 18.2 Å². The summed E-state index contributed by atoms with van der Waals surface area (Å²) in [4.78, 5) is 12.1. The number of nitrogens with two attached hydrogens (primary N) is 1. The first-order valence-electron chi connectivity index (χ1n) is 5.72. The molecule has 2 aromatic carbocycles. The first-order valence-corrected chi connectivity index (χ1v) is 6.51. The van der Waals surface area contributed by atoms with Gasteiger partial charge in [0.2, 0.25) is 0 Å². The molecule has 20 heavy (non-hydrogen) atoms. The highest BCUT2D eigenvalue weighted by molar-refractivity contribution is 9.10. The van der Waals surface area contributed by atoms with Crippen LogP contribution in [-0.2, 0) is 0 Å². The standard InChI is InChI=1S/C14H12BrFN2O2/c1-20-12-6-5-8(7-9(12)15)14(19)18-13-10(16)3-2-4-11(13)17/h2-7H,17H2,1H3,(H,18,19). The number of carbonyl (C=O) groups excluding carboxylic acids is 1. The molecule has 0 spiro atoms. The number of nitrogens with one attached hydrogen (secondary N) is 1. The minimum absolute atomic E-state index is 0.0237. The van der Waals surface area contributed by atoms with Gasteiger partial charge in [-0.05, 0) is 46.3 Å². The number of para-hydroxylation sites is 1. The summed E-state index contributed by atoms with van der Waals surface area (Å²) in [6.45, 7) is 0. The van der Waals surface area contributed by atoms with Gasteiger partial charge in [0.15, 0.2) is 0 Å². The van der Waals surface area contributed by atoms with Crippen LogP contribution in [0, 0.1) is 5.82 Å². The minimum Gasteiger partial charge on any atom is -0.496 e. The van der Waals surface area contributed by atoms with Gasteiger partial charge < -0.3 is 15.8 Å². The van der Waals surface area contributed by atoms with Crippen molar-refractivity contribution in [3.05, 3.63) is 52.3 Å². The Morgan fingerprint density at radius 2 is 2.10 bits per heavy atom. The van der Waals surface area contributed by atoms with E-state index in [-0.39, 0.29) is 11.4 Å². The van der Waals surface area contributed by atoms with Crippen LogP contribution in [0.5, 0.6) is 5.75 Å². The van der Waals surface area contributed by atoms with Gasteiger partial charge in [-0.2, -0.15) is 0 Å². The largest absolute Gasteiger partial charge is 0.496 e. The monoisotopic (exact) mass is 338 g/mol. The van der Waals surface area contributed by atoms with Crippen molar-refractivity contribution in [3.8, 4) is 5.75 Å². The third-order valence-corrected chi connectivity index (χ3v) is 3.32. The molecule has 0 bridgehead atoms. The molecule has 0 fully saturated rings. The van der Waals surface area contributed by atoms with Crippen molar-refractivity contribution in [2.45, 2.75) is 0 Å². The number of hydrogen-bond donors (Lipinski definition) is 2. The molecule has 0 aliphatic heterocycles. The van der Waals surface area contributed by atoms with E-state index in [9.17, 15) is 9.18 Å². The number of carbonyl (C=O) groups is 1. The first-order chi connectivity index (χ1) is 9.52. The number of anilines is 2. The third-order valence-electron chi connectivity index (χ3n) is 2.70. The van der Waals surface area contributed by atoms with Gasteiger partial charge in [-0.25, -0.2) is 4.39 Å². The second kappa shape index (κ2) is 5.92. The van der Waals surface area contributed by atoms with Crippen molar-refractivity contribution < 1.29 is 13.9 Å². The van der Waals surface area contributed by atoms with Crippen LogP contribution >= 0.6 is 15.9 Å². The lowest BCUT2D eigenvalue weighted by atomic mass is 10.2. The minimum atomic E-state index is -0.578. The van der Waals surface area contributed by atoms with Crippen molar-refractivity contribution in [1.82, 2.24) is 0 Å². The molecular formula is C14H12BrFN2O2. The van der Waals surface area contributed by atoms with Gasteiger partial charge in [-0.15, -0.1) is 0 Å². The molecule has 1 amide bonds. The van der Waals surface area contributed by atoms with E-state index in [0.29, 0.717) is 15.8 Å². The average Bonchev–Trinajstić information content (AvgIpc) is 2.42. The van der Waals surface area contributed by atoms with Gasteiger partial charge in [0.05, 0.1) is 17.3 Å². The number of ether oxygens (including phenoxy) is 1. The zero-order valence-corrected chi connectivity index (χ0v) is 12.2. The van der Waals surface area contributed by atoms with E-state index in [1.807, 2.05) is 0 Å². The topological polar surface area (TPSA) is 64.3 Å². The summed E-state index contributed by atoms with van der Waals surface area (Å²) in [7, 11) is 1.53. The number of benzene rings is 2. The molecule has 0 unspecified atom stereocenters. The molecule has 0 saturated carbocycles. The summed E-state index contributed by atoms with van der Waals surface area (Å²) >= 11 is 3.29. The second-order valence-corrected chi connectivity index (χ2v) is 4.86. The number of amides is 1. The van der Waals surface area contributed by atoms with Crippen LogP contribution in [0.25, 0.3) is 0 Å². The summed E-state index contributed by atoms with van der Waals surface area (Å²) in [5.41, 5.74) is 6.15. The summed E-state index contributed by atoms with van der Waals surface area (Å²) in [6.07, 6.45) is 0. The first kappa shape index (κ1) is 14.3. The van der Waals surface area contributed by atoms with Crippen LogP contribution in [0.3, 0.4) is 0 Å². The molecule has 0 atom stereocenters. The van der Waals surface area contributed by atoms with Gasteiger partial charge in [-0.1, -0.05) is 6.07 Å². The van der Waals surface area contributed by atoms with E-state index in [2.05, 4.69) is 21.2 Å². The van der Waals surface area contributed by atoms with Crippen LogP contribution in [0.1, 0.15) is 10.4 Å². The maximum absolute atomic E-state index is 13.6. The Hall–Kier alpha value is -2.08. The smallest absolute Gasteiger partial charge is 0.255 e. The molecule has 2 aromatic rings. The van der Waals surface area contributed by atoms with Crippen LogP contribution < -0.4 is 15.8 Å². The molecule has 0 radical (unpaired) electrons. The zero-order valence-electron chi connectivity index (χ0n) is 10.6. The third kappa shape index (κ3) is 2.91. The Morgan fingerprint density at radius 1 is 1.35 bits per heavy atom. The van der Waals surface area contributed by atoms with Crippen molar-refractivity contribution >= 4 is 33.2 Å². The van der Waals surface area contributed by atoms with Crippen molar-refractivity contribution in [2.24, 2.45) is 0 Å². The predicted octanol–water partition coefficient (Wildman–Crippen LogP) is 3.43. The van der Waals surface area contributed by atoms with Gasteiger partial charge in [0.25, 0.3) is 5.91 Å². The van der Waals surface area contributed by atoms with Crippen molar-refractivity contribution in [3.63, 3.8) is 0 Å². The Labute approximate surface area is 123 Å². The van der Waals surface area contributed by atoms with Crippen LogP contribution in [0.15, 0.2) is 40.9 Å². The molecule has 6 heteroatoms. The number of halogens is 2. The van der Waals surface area contributed by atoms with Crippen LogP contribution in [-0.4, -0.2) is 13.0 Å². The van der Waals surface area contributed by atoms with Crippen LogP contribution in [0.2, 0.25) is 0 Å². The van der Waals surface area contributed by atoms with E-state index in [0.717, 1.165) is 0 Å². The summed E-state index contributed by atoms with van der Waals surface area (Å²) in [5, 5.41) is 2.46. The highest BCUT2D eigenvalue weighted by Gasteiger charge is 2.13. The summed E-state index contributed by atoms with van der Waals surface area (Å²) in [5.74, 6) is -0.428. The second-order valence-electron chi connectivity index (χ2n) is 4.01. The number of rotatable bonds is 3. The SMILES string of the molecule is COc1ccc(C(=O)Nc2c(N)cccc2F)cc1Br. The van der Waals surface area contributed by atoms with Gasteiger partial charge >= 0.3 is 0 Å². The van der Waals surface area contributed by atoms with E-state index < -0.39 is 11.7 Å². The summed E-state index contributed by atoms with van der Waals surface area (Å²) in [6, 6.07) is 9.04. The molecule has 0 aliphatic rings. The fourth-order valence-corrected chi connectivity index (χ4v) is 2.21. The van der Waals surface area contributed by atoms with Crippen molar-refractivity contribution in [2.75, 3.05) is 18.2 Å². The number of methoxy groups -OCH3 is 1. The Morgan fingerprint density at radius 3 is 2.70 bits per heavy atom. The molecule has 0 aliphatic carbocycles. The molecule has 0 aromatic heterocycles. The molecule has 0 heterocycles. The van der Waals surface area contributed by atoms with E-state index in [1.165, 1.54) is 25.3 Å². The van der Waals surface area contributed by atoms with Gasteiger partial charge in [0.1, 0.15) is 17.3 Å². The lowest BCUT2D eigenvalue weighted by Gasteiger charge is -2.10. The van der Waals surface area contributed by atoms with Crippen molar-refractivity contribution in [1.29, 1.82) is 0 Å². The highest BCUT2D eigenvalue weighted by Crippen LogP contribution is 2.27. The van der Waals surface area contributed by atoms with E-state index in [4.69, 9.17) is 10.5 Å². The zero-order chi connectivity index (χ0) is 14.7. The van der Waals surface area contributed by atoms with Gasteiger partial charge in [0, 0.05) is 5.56 Å². The Bertz CT molecular complexity index is 641. The fraction of sp³-hybridized carbons (Fsp3) is 0.0714. The predicted molar refractivity (Wildman–Crippen MR) is 79.5 cm³/mol. The summed E-state index contributed by atoms with van der Waals surface area (Å²) < 4.78 is 19.3. The molecule has 0 saturated heterocycles. The Balaban J connectivity index is 2.26. The fourth-order valence-electron chi connectivity index (χ4n) is 1.67. The molecule has 2 rings (SSSR count). The molecule has 4 nitrogen and oxygen atoms in total. The van der Waals surface area contributed by atoms with E-state index >= 15 is 0 Å².